The number of hydrogen-bond acceptors (Lipinski definition) is 4. The van der Waals surface area contributed by atoms with E-state index in [4.69, 9.17) is 15.9 Å². The standard InChI is InChI=1S/C13H12BrN3O4/c1-5-7-4-6(14)2-3-8(7)21-10(5)13(20)17-9(11(15)18)12(16)19/h2-4,9H,1H3,(H2,15,18)(H2,16,19)(H,17,20). The summed E-state index contributed by atoms with van der Waals surface area (Å²) in [5.41, 5.74) is 11.1. The van der Waals surface area contributed by atoms with Crippen LogP contribution < -0.4 is 16.8 Å². The molecule has 1 aromatic heterocycles. The highest BCUT2D eigenvalue weighted by Gasteiger charge is 2.27. The third-order valence-corrected chi connectivity index (χ3v) is 3.44. The molecule has 21 heavy (non-hydrogen) atoms. The van der Waals surface area contributed by atoms with E-state index in [1.165, 1.54) is 0 Å². The Morgan fingerprint density at radius 2 is 1.86 bits per heavy atom. The Balaban J connectivity index is 2.38. The number of carbonyl (C=O) groups excluding carboxylic acids is 3. The summed E-state index contributed by atoms with van der Waals surface area (Å²) in [4.78, 5) is 34.3. The lowest BCUT2D eigenvalue weighted by atomic mass is 10.1. The van der Waals surface area contributed by atoms with Gasteiger partial charge >= 0.3 is 0 Å². The summed E-state index contributed by atoms with van der Waals surface area (Å²) in [6.07, 6.45) is 0. The fraction of sp³-hybridized carbons (Fsp3) is 0.154. The van der Waals surface area contributed by atoms with Crippen molar-refractivity contribution in [3.8, 4) is 0 Å². The third kappa shape index (κ3) is 2.89. The summed E-state index contributed by atoms with van der Waals surface area (Å²) in [6.45, 7) is 1.69. The Bertz CT molecular complexity index is 739. The van der Waals surface area contributed by atoms with Gasteiger partial charge in [-0.1, -0.05) is 15.9 Å². The number of halogens is 1. The summed E-state index contributed by atoms with van der Waals surface area (Å²) in [5, 5.41) is 2.90. The van der Waals surface area contributed by atoms with Crippen molar-refractivity contribution < 1.29 is 18.8 Å². The predicted molar refractivity (Wildman–Crippen MR) is 78.3 cm³/mol. The smallest absolute Gasteiger partial charge is 0.288 e. The molecule has 0 saturated carbocycles. The molecule has 0 saturated heterocycles. The van der Waals surface area contributed by atoms with Crippen molar-refractivity contribution in [3.63, 3.8) is 0 Å². The quantitative estimate of drug-likeness (QED) is 0.694. The van der Waals surface area contributed by atoms with Gasteiger partial charge in [0.05, 0.1) is 0 Å². The molecule has 110 valence electrons. The van der Waals surface area contributed by atoms with Crippen LogP contribution in [0.2, 0.25) is 0 Å². The molecule has 2 aromatic rings. The SMILES string of the molecule is Cc1c(C(=O)NC(C(N)=O)C(N)=O)oc2ccc(Br)cc12. The maximum absolute atomic E-state index is 12.1. The Morgan fingerprint density at radius 3 is 2.43 bits per heavy atom. The first-order valence-electron chi connectivity index (χ1n) is 5.89. The van der Waals surface area contributed by atoms with Gasteiger partial charge in [-0.25, -0.2) is 0 Å². The van der Waals surface area contributed by atoms with E-state index in [1.54, 1.807) is 25.1 Å². The molecule has 8 heteroatoms. The van der Waals surface area contributed by atoms with E-state index in [0.717, 1.165) is 9.86 Å². The zero-order valence-electron chi connectivity index (χ0n) is 11.0. The lowest BCUT2D eigenvalue weighted by Crippen LogP contribution is -2.52. The Morgan fingerprint density at radius 1 is 1.24 bits per heavy atom. The molecule has 5 N–H and O–H groups in total. The molecule has 0 fully saturated rings. The second-order valence-corrected chi connectivity index (χ2v) is 5.32. The summed E-state index contributed by atoms with van der Waals surface area (Å²) >= 11 is 3.33. The van der Waals surface area contributed by atoms with Gasteiger partial charge in [0.1, 0.15) is 5.58 Å². The normalized spacial score (nSPS) is 10.8. The first kappa shape index (κ1) is 15.0. The number of fused-ring (bicyclic) bond motifs is 1. The Kier molecular flexibility index (Phi) is 3.99. The van der Waals surface area contributed by atoms with Gasteiger partial charge in [-0.15, -0.1) is 0 Å². The maximum atomic E-state index is 12.1. The second-order valence-electron chi connectivity index (χ2n) is 4.41. The molecule has 0 aliphatic rings. The number of aryl methyl sites for hydroxylation is 1. The van der Waals surface area contributed by atoms with Crippen molar-refractivity contribution >= 4 is 44.6 Å². The minimum atomic E-state index is -1.59. The van der Waals surface area contributed by atoms with Crippen molar-refractivity contribution in [2.75, 3.05) is 0 Å². The fourth-order valence-electron chi connectivity index (χ4n) is 1.89. The first-order valence-corrected chi connectivity index (χ1v) is 6.68. The van der Waals surface area contributed by atoms with Crippen LogP contribution in [0.4, 0.5) is 0 Å². The van der Waals surface area contributed by atoms with Gasteiger partial charge in [0.15, 0.2) is 11.8 Å². The van der Waals surface area contributed by atoms with Crippen LogP contribution in [0.3, 0.4) is 0 Å². The van der Waals surface area contributed by atoms with Crippen LogP contribution >= 0.6 is 15.9 Å². The highest BCUT2D eigenvalue weighted by atomic mass is 79.9. The molecule has 7 nitrogen and oxygen atoms in total. The van der Waals surface area contributed by atoms with Crippen molar-refractivity contribution in [2.24, 2.45) is 11.5 Å². The van der Waals surface area contributed by atoms with Gasteiger partial charge in [0, 0.05) is 15.4 Å². The van der Waals surface area contributed by atoms with Crippen molar-refractivity contribution in [3.05, 3.63) is 34.0 Å². The second kappa shape index (κ2) is 5.57. The van der Waals surface area contributed by atoms with E-state index in [1.807, 2.05) is 0 Å². The van der Waals surface area contributed by atoms with Crippen LogP contribution in [0.5, 0.6) is 0 Å². The van der Waals surface area contributed by atoms with Crippen LogP contribution in [0.25, 0.3) is 11.0 Å². The molecule has 0 aliphatic carbocycles. The highest BCUT2D eigenvalue weighted by Crippen LogP contribution is 2.28. The van der Waals surface area contributed by atoms with Gasteiger partial charge in [-0.05, 0) is 25.1 Å². The molecule has 3 amide bonds. The van der Waals surface area contributed by atoms with Gasteiger partial charge in [-0.3, -0.25) is 14.4 Å². The first-order chi connectivity index (χ1) is 9.81. The Labute approximate surface area is 127 Å². The molecule has 0 aliphatic heterocycles. The molecule has 1 heterocycles. The van der Waals surface area contributed by atoms with E-state index >= 15 is 0 Å². The number of rotatable bonds is 4. The third-order valence-electron chi connectivity index (χ3n) is 2.95. The highest BCUT2D eigenvalue weighted by molar-refractivity contribution is 9.10. The largest absolute Gasteiger partial charge is 0.451 e. The molecule has 0 radical (unpaired) electrons. The number of nitrogens with two attached hydrogens (primary N) is 2. The number of furan rings is 1. The topological polar surface area (TPSA) is 128 Å². The number of carbonyl (C=O) groups is 3. The van der Waals surface area contributed by atoms with Crippen molar-refractivity contribution in [1.29, 1.82) is 0 Å². The Hall–Kier alpha value is -2.35. The summed E-state index contributed by atoms with van der Waals surface area (Å²) < 4.78 is 6.27. The number of hydrogen-bond donors (Lipinski definition) is 3. The van der Waals surface area contributed by atoms with E-state index in [9.17, 15) is 14.4 Å². The van der Waals surface area contributed by atoms with E-state index in [-0.39, 0.29) is 5.76 Å². The van der Waals surface area contributed by atoms with E-state index in [0.29, 0.717) is 11.1 Å². The number of amides is 3. The number of nitrogens with one attached hydrogen (secondary N) is 1. The van der Waals surface area contributed by atoms with Crippen LogP contribution in [-0.4, -0.2) is 23.8 Å². The number of benzene rings is 1. The summed E-state index contributed by atoms with van der Waals surface area (Å²) in [7, 11) is 0. The van der Waals surface area contributed by atoms with Crippen LogP contribution in [0.15, 0.2) is 27.1 Å². The van der Waals surface area contributed by atoms with Gasteiger partial charge in [0.2, 0.25) is 11.8 Å². The minimum Gasteiger partial charge on any atom is -0.451 e. The monoisotopic (exact) mass is 353 g/mol. The van der Waals surface area contributed by atoms with Crippen molar-refractivity contribution in [2.45, 2.75) is 13.0 Å². The zero-order chi connectivity index (χ0) is 15.7. The molecule has 0 spiro atoms. The lowest BCUT2D eigenvalue weighted by Gasteiger charge is -2.10. The molecule has 0 atom stereocenters. The van der Waals surface area contributed by atoms with Crippen LogP contribution in [0.1, 0.15) is 16.1 Å². The number of primary amides is 2. The maximum Gasteiger partial charge on any atom is 0.288 e. The average Bonchev–Trinajstić information content (AvgIpc) is 2.72. The van der Waals surface area contributed by atoms with E-state index < -0.39 is 23.8 Å². The lowest BCUT2D eigenvalue weighted by molar-refractivity contribution is -0.128. The molecular weight excluding hydrogens is 342 g/mol. The molecule has 2 rings (SSSR count). The predicted octanol–water partition coefficient (Wildman–Crippen LogP) is 0.573. The summed E-state index contributed by atoms with van der Waals surface area (Å²) in [5.74, 6) is -2.81. The van der Waals surface area contributed by atoms with Gasteiger partial charge in [-0.2, -0.15) is 0 Å². The summed E-state index contributed by atoms with van der Waals surface area (Å²) in [6, 6.07) is 3.67. The van der Waals surface area contributed by atoms with Crippen LogP contribution in [0, 0.1) is 6.92 Å². The zero-order valence-corrected chi connectivity index (χ0v) is 12.6. The molecule has 0 bridgehead atoms. The van der Waals surface area contributed by atoms with E-state index in [2.05, 4.69) is 21.2 Å². The molecule has 1 aromatic carbocycles. The fourth-order valence-corrected chi connectivity index (χ4v) is 2.25. The van der Waals surface area contributed by atoms with Gasteiger partial charge < -0.3 is 21.2 Å². The van der Waals surface area contributed by atoms with Crippen molar-refractivity contribution in [1.82, 2.24) is 5.32 Å². The van der Waals surface area contributed by atoms with Crippen LogP contribution in [-0.2, 0) is 9.59 Å². The average molecular weight is 354 g/mol. The molecular formula is C13H12BrN3O4. The van der Waals surface area contributed by atoms with Gasteiger partial charge in [0.25, 0.3) is 5.91 Å². The molecule has 0 unspecified atom stereocenters. The minimum absolute atomic E-state index is 0.00407.